The smallest absolute Gasteiger partial charge is 0.263 e. The Morgan fingerprint density at radius 3 is 2.30 bits per heavy atom. The highest BCUT2D eigenvalue weighted by molar-refractivity contribution is 7.92. The number of sulfonamides is 1. The standard InChI is InChI=1S/C30H27N5O4S/c1-19(36)35(2)23-15-12-21(13-16-23)32-29(20-8-4-3-5-9-20)28-24-18-22(14-17-26(24)33-30(28)37)34-40(38,39)27-11-7-6-10-25(27)31/h3-18,33-34,37H,31H2,1-2H3. The van der Waals surface area contributed by atoms with Crippen LogP contribution in [0, 0.1) is 0 Å². The normalized spacial score (nSPS) is 11.9. The first-order valence-corrected chi connectivity index (χ1v) is 13.8. The highest BCUT2D eigenvalue weighted by atomic mass is 32.2. The van der Waals surface area contributed by atoms with Gasteiger partial charge >= 0.3 is 0 Å². The second kappa shape index (κ2) is 10.6. The molecule has 0 radical (unpaired) electrons. The van der Waals surface area contributed by atoms with Gasteiger partial charge in [-0.3, -0.25) is 9.52 Å². The fourth-order valence-corrected chi connectivity index (χ4v) is 5.52. The van der Waals surface area contributed by atoms with E-state index in [2.05, 4.69) is 9.71 Å². The zero-order valence-electron chi connectivity index (χ0n) is 21.8. The fraction of sp³-hybridized carbons (Fsp3) is 0.0667. The zero-order valence-corrected chi connectivity index (χ0v) is 22.6. The molecular weight excluding hydrogens is 526 g/mol. The molecule has 0 aliphatic rings. The average Bonchev–Trinajstić information content (AvgIpc) is 3.26. The second-order valence-corrected chi connectivity index (χ2v) is 10.8. The molecule has 40 heavy (non-hydrogen) atoms. The van der Waals surface area contributed by atoms with Crippen molar-refractivity contribution in [2.75, 3.05) is 22.4 Å². The van der Waals surface area contributed by atoms with E-state index in [1.54, 1.807) is 61.6 Å². The van der Waals surface area contributed by atoms with Gasteiger partial charge in [-0.25, -0.2) is 13.4 Å². The summed E-state index contributed by atoms with van der Waals surface area (Å²) in [6, 6.07) is 27.7. The Balaban J connectivity index is 1.61. The van der Waals surface area contributed by atoms with Gasteiger partial charge in [0.2, 0.25) is 5.91 Å². The third-order valence-corrected chi connectivity index (χ3v) is 7.93. The van der Waals surface area contributed by atoms with Crippen molar-refractivity contribution >= 4 is 55.3 Å². The van der Waals surface area contributed by atoms with Crippen LogP contribution in [0.5, 0.6) is 5.88 Å². The maximum Gasteiger partial charge on any atom is 0.263 e. The van der Waals surface area contributed by atoms with Crippen LogP contribution in [0.15, 0.2) is 107 Å². The van der Waals surface area contributed by atoms with E-state index >= 15 is 0 Å². The van der Waals surface area contributed by atoms with Gasteiger partial charge in [-0.05, 0) is 54.6 Å². The maximum absolute atomic E-state index is 13.1. The molecule has 0 atom stereocenters. The number of fused-ring (bicyclic) bond motifs is 1. The van der Waals surface area contributed by atoms with Crippen molar-refractivity contribution in [1.82, 2.24) is 4.98 Å². The van der Waals surface area contributed by atoms with Gasteiger partial charge in [0.25, 0.3) is 10.0 Å². The number of nitrogen functional groups attached to an aromatic ring is 1. The highest BCUT2D eigenvalue weighted by Gasteiger charge is 2.21. The third kappa shape index (κ3) is 5.25. The molecule has 0 aliphatic heterocycles. The summed E-state index contributed by atoms with van der Waals surface area (Å²) in [5.74, 6) is -0.204. The lowest BCUT2D eigenvalue weighted by atomic mass is 10.0. The lowest BCUT2D eigenvalue weighted by Crippen LogP contribution is -2.22. The minimum Gasteiger partial charge on any atom is -0.494 e. The summed E-state index contributed by atoms with van der Waals surface area (Å²) < 4.78 is 28.7. The van der Waals surface area contributed by atoms with Gasteiger partial charge < -0.3 is 20.7 Å². The molecule has 0 unspecified atom stereocenters. The molecular formula is C30H27N5O4S. The molecule has 0 bridgehead atoms. The first-order valence-electron chi connectivity index (χ1n) is 12.3. The molecule has 0 saturated carbocycles. The van der Waals surface area contributed by atoms with E-state index in [9.17, 15) is 18.3 Å². The largest absolute Gasteiger partial charge is 0.494 e. The fourth-order valence-electron chi connectivity index (χ4n) is 4.34. The van der Waals surface area contributed by atoms with Gasteiger partial charge in [0.15, 0.2) is 5.88 Å². The molecule has 202 valence electrons. The predicted octanol–water partition coefficient (Wildman–Crippen LogP) is 5.41. The van der Waals surface area contributed by atoms with Gasteiger partial charge in [-0.1, -0.05) is 42.5 Å². The molecule has 4 aromatic carbocycles. The quantitative estimate of drug-likeness (QED) is 0.158. The molecule has 9 nitrogen and oxygen atoms in total. The number of rotatable bonds is 7. The summed E-state index contributed by atoms with van der Waals surface area (Å²) >= 11 is 0. The first-order chi connectivity index (χ1) is 19.1. The number of H-pyrrole nitrogens is 1. The van der Waals surface area contributed by atoms with Crippen molar-refractivity contribution in [3.63, 3.8) is 0 Å². The Bertz CT molecular complexity index is 1850. The molecule has 1 amide bonds. The van der Waals surface area contributed by atoms with Crippen LogP contribution in [0.25, 0.3) is 10.9 Å². The number of nitrogens with one attached hydrogen (secondary N) is 2. The lowest BCUT2D eigenvalue weighted by molar-refractivity contribution is -0.116. The van der Waals surface area contributed by atoms with Crippen LogP contribution in [0.2, 0.25) is 0 Å². The maximum atomic E-state index is 13.1. The van der Waals surface area contributed by atoms with E-state index in [0.717, 1.165) is 11.3 Å². The summed E-state index contributed by atoms with van der Waals surface area (Å²) in [6.07, 6.45) is 0. The number of hydrogen-bond donors (Lipinski definition) is 4. The van der Waals surface area contributed by atoms with Crippen LogP contribution in [-0.4, -0.2) is 37.2 Å². The summed E-state index contributed by atoms with van der Waals surface area (Å²) in [4.78, 5) is 21.1. The van der Waals surface area contributed by atoms with Crippen molar-refractivity contribution in [3.05, 3.63) is 108 Å². The molecule has 10 heteroatoms. The number of aromatic hydroxyl groups is 1. The number of amides is 1. The first kappa shape index (κ1) is 26.5. The van der Waals surface area contributed by atoms with Crippen LogP contribution >= 0.6 is 0 Å². The van der Waals surface area contributed by atoms with E-state index < -0.39 is 10.0 Å². The molecule has 5 N–H and O–H groups in total. The Morgan fingerprint density at radius 2 is 1.62 bits per heavy atom. The Labute approximate surface area is 231 Å². The number of aromatic amines is 1. The number of carbonyl (C=O) groups excluding carboxylic acids is 1. The number of aromatic nitrogens is 1. The second-order valence-electron chi connectivity index (χ2n) is 9.17. The Hall–Kier alpha value is -5.09. The molecule has 1 aromatic heterocycles. The monoisotopic (exact) mass is 553 g/mol. The molecule has 0 fully saturated rings. The molecule has 0 aliphatic carbocycles. The molecule has 1 heterocycles. The number of para-hydroxylation sites is 1. The number of anilines is 3. The summed E-state index contributed by atoms with van der Waals surface area (Å²) in [6.45, 7) is 1.49. The van der Waals surface area contributed by atoms with Crippen LogP contribution in [-0.2, 0) is 14.8 Å². The van der Waals surface area contributed by atoms with Crippen molar-refractivity contribution in [2.24, 2.45) is 4.99 Å². The Kier molecular flexibility index (Phi) is 7.02. The minimum absolute atomic E-state index is 0.0300. The number of carbonyl (C=O) groups is 1. The molecule has 0 spiro atoms. The van der Waals surface area contributed by atoms with Gasteiger partial charge in [-0.2, -0.15) is 0 Å². The van der Waals surface area contributed by atoms with Crippen molar-refractivity contribution in [1.29, 1.82) is 0 Å². The van der Waals surface area contributed by atoms with Crippen molar-refractivity contribution in [3.8, 4) is 5.88 Å². The van der Waals surface area contributed by atoms with Crippen LogP contribution in [0.4, 0.5) is 22.7 Å². The Morgan fingerprint density at radius 1 is 0.950 bits per heavy atom. The van der Waals surface area contributed by atoms with Crippen molar-refractivity contribution in [2.45, 2.75) is 11.8 Å². The van der Waals surface area contributed by atoms with Gasteiger partial charge in [0, 0.05) is 41.8 Å². The number of nitrogens with zero attached hydrogens (tertiary/aromatic N) is 2. The van der Waals surface area contributed by atoms with Crippen LogP contribution in [0.1, 0.15) is 18.1 Å². The number of aliphatic imine (C=N–C) groups is 1. The number of nitrogens with two attached hydrogens (primary N) is 1. The molecule has 0 saturated heterocycles. The number of hydrogen-bond acceptors (Lipinski definition) is 6. The lowest BCUT2D eigenvalue weighted by Gasteiger charge is -2.15. The minimum atomic E-state index is -3.96. The van der Waals surface area contributed by atoms with Gasteiger partial charge in [0.1, 0.15) is 4.90 Å². The molecule has 5 aromatic rings. The van der Waals surface area contributed by atoms with Crippen molar-refractivity contribution < 1.29 is 18.3 Å². The van der Waals surface area contributed by atoms with Crippen LogP contribution in [0.3, 0.4) is 0 Å². The highest BCUT2D eigenvalue weighted by Crippen LogP contribution is 2.34. The SMILES string of the molecule is CC(=O)N(C)c1ccc(N=C(c2ccccc2)c2c(O)[nH]c3ccc(NS(=O)(=O)c4ccccc4N)cc23)cc1. The van der Waals surface area contributed by atoms with E-state index in [1.165, 1.54) is 24.0 Å². The third-order valence-electron chi connectivity index (χ3n) is 6.47. The average molecular weight is 554 g/mol. The summed E-state index contributed by atoms with van der Waals surface area (Å²) in [7, 11) is -2.27. The van der Waals surface area contributed by atoms with E-state index in [4.69, 9.17) is 10.7 Å². The predicted molar refractivity (Wildman–Crippen MR) is 159 cm³/mol. The van der Waals surface area contributed by atoms with Gasteiger partial charge in [0.05, 0.1) is 22.6 Å². The van der Waals surface area contributed by atoms with Crippen LogP contribution < -0.4 is 15.4 Å². The zero-order chi connectivity index (χ0) is 28.4. The number of benzene rings is 4. The van der Waals surface area contributed by atoms with Gasteiger partial charge in [-0.15, -0.1) is 0 Å². The molecule has 5 rings (SSSR count). The van der Waals surface area contributed by atoms with E-state index in [-0.39, 0.29) is 22.4 Å². The topological polar surface area (TPSA) is 141 Å². The summed E-state index contributed by atoms with van der Waals surface area (Å²) in [5, 5.41) is 11.6. The van der Waals surface area contributed by atoms with E-state index in [1.807, 2.05) is 30.3 Å². The summed E-state index contributed by atoms with van der Waals surface area (Å²) in [5.41, 5.74) is 9.87. The van der Waals surface area contributed by atoms with E-state index in [0.29, 0.717) is 33.6 Å².